The molecule has 0 aliphatic heterocycles. The smallest absolute Gasteiger partial charge is 0.00674 e. The number of aryl methyl sites for hydroxylation is 3. The van der Waals surface area contributed by atoms with E-state index in [-0.39, 0.29) is 0 Å². The first-order chi connectivity index (χ1) is 7.67. The van der Waals surface area contributed by atoms with E-state index in [0.717, 1.165) is 6.54 Å². The van der Waals surface area contributed by atoms with Gasteiger partial charge in [0.1, 0.15) is 0 Å². The standard InChI is InChI=1S/C15H25N/c1-5-15(16-6-2)10-9-14-8-7-12(3)11-13(14)4/h7-8,11,15-16H,5-6,9-10H2,1-4H3. The van der Waals surface area contributed by atoms with Crippen LogP contribution in [-0.4, -0.2) is 12.6 Å². The molecule has 0 aliphatic carbocycles. The highest BCUT2D eigenvalue weighted by Gasteiger charge is 2.05. The Hall–Kier alpha value is -0.820. The first-order valence-corrected chi connectivity index (χ1v) is 6.46. The van der Waals surface area contributed by atoms with Gasteiger partial charge in [0.15, 0.2) is 0 Å². The van der Waals surface area contributed by atoms with Gasteiger partial charge in [0.2, 0.25) is 0 Å². The third-order valence-electron chi connectivity index (χ3n) is 3.25. The Morgan fingerprint density at radius 2 is 1.94 bits per heavy atom. The molecule has 90 valence electrons. The minimum absolute atomic E-state index is 0.672. The maximum atomic E-state index is 3.53. The van der Waals surface area contributed by atoms with Gasteiger partial charge in [-0.25, -0.2) is 0 Å². The van der Waals surface area contributed by atoms with Gasteiger partial charge in [0, 0.05) is 6.04 Å². The fraction of sp³-hybridized carbons (Fsp3) is 0.600. The van der Waals surface area contributed by atoms with Crippen LogP contribution in [0.4, 0.5) is 0 Å². The Bertz CT molecular complexity index is 317. The summed E-state index contributed by atoms with van der Waals surface area (Å²) in [5.41, 5.74) is 4.30. The normalized spacial score (nSPS) is 12.8. The highest BCUT2D eigenvalue weighted by Crippen LogP contribution is 2.14. The lowest BCUT2D eigenvalue weighted by atomic mass is 9.98. The third kappa shape index (κ3) is 3.97. The SMILES string of the molecule is CCNC(CC)CCc1ccc(C)cc1C. The van der Waals surface area contributed by atoms with Gasteiger partial charge in [0.25, 0.3) is 0 Å². The molecule has 1 atom stereocenters. The van der Waals surface area contributed by atoms with Crippen molar-refractivity contribution in [3.8, 4) is 0 Å². The molecule has 16 heavy (non-hydrogen) atoms. The maximum absolute atomic E-state index is 3.53. The fourth-order valence-corrected chi connectivity index (χ4v) is 2.20. The van der Waals surface area contributed by atoms with E-state index in [1.807, 2.05) is 0 Å². The molecule has 0 fully saturated rings. The molecule has 1 nitrogen and oxygen atoms in total. The van der Waals surface area contributed by atoms with E-state index in [9.17, 15) is 0 Å². The lowest BCUT2D eigenvalue weighted by Gasteiger charge is -2.16. The second-order valence-electron chi connectivity index (χ2n) is 4.63. The number of hydrogen-bond acceptors (Lipinski definition) is 1. The van der Waals surface area contributed by atoms with Crippen LogP contribution >= 0.6 is 0 Å². The second-order valence-corrected chi connectivity index (χ2v) is 4.63. The van der Waals surface area contributed by atoms with Crippen LogP contribution in [0.25, 0.3) is 0 Å². The number of hydrogen-bond donors (Lipinski definition) is 1. The van der Waals surface area contributed by atoms with Gasteiger partial charge in [-0.3, -0.25) is 0 Å². The quantitative estimate of drug-likeness (QED) is 0.770. The van der Waals surface area contributed by atoms with E-state index in [0.29, 0.717) is 6.04 Å². The minimum atomic E-state index is 0.672. The van der Waals surface area contributed by atoms with E-state index in [2.05, 4.69) is 51.2 Å². The summed E-state index contributed by atoms with van der Waals surface area (Å²) in [5, 5.41) is 3.53. The summed E-state index contributed by atoms with van der Waals surface area (Å²) < 4.78 is 0. The van der Waals surface area contributed by atoms with Crippen molar-refractivity contribution in [2.45, 2.75) is 53.0 Å². The minimum Gasteiger partial charge on any atom is -0.314 e. The zero-order chi connectivity index (χ0) is 12.0. The molecule has 1 aromatic carbocycles. The number of benzene rings is 1. The molecule has 1 heteroatoms. The van der Waals surface area contributed by atoms with Crippen molar-refractivity contribution >= 4 is 0 Å². The molecule has 0 aliphatic rings. The average Bonchev–Trinajstić information content (AvgIpc) is 2.26. The van der Waals surface area contributed by atoms with Gasteiger partial charge >= 0.3 is 0 Å². The Labute approximate surface area is 100 Å². The summed E-state index contributed by atoms with van der Waals surface area (Å²) in [6, 6.07) is 7.45. The summed E-state index contributed by atoms with van der Waals surface area (Å²) in [5.74, 6) is 0. The second kappa shape index (κ2) is 6.70. The molecule has 0 saturated carbocycles. The lowest BCUT2D eigenvalue weighted by Crippen LogP contribution is -2.28. The Kier molecular flexibility index (Phi) is 5.54. The molecule has 0 radical (unpaired) electrons. The van der Waals surface area contributed by atoms with Crippen LogP contribution in [0.5, 0.6) is 0 Å². The third-order valence-corrected chi connectivity index (χ3v) is 3.25. The van der Waals surface area contributed by atoms with E-state index in [4.69, 9.17) is 0 Å². The molecule has 0 bridgehead atoms. The van der Waals surface area contributed by atoms with Crippen molar-refractivity contribution in [3.05, 3.63) is 34.9 Å². The topological polar surface area (TPSA) is 12.0 Å². The predicted molar refractivity (Wildman–Crippen MR) is 72.0 cm³/mol. The van der Waals surface area contributed by atoms with Crippen LogP contribution in [0.2, 0.25) is 0 Å². The van der Waals surface area contributed by atoms with Gasteiger partial charge in [0.05, 0.1) is 0 Å². The summed E-state index contributed by atoms with van der Waals surface area (Å²) in [6.45, 7) is 9.89. The molecule has 0 spiro atoms. The molecule has 1 rings (SSSR count). The van der Waals surface area contributed by atoms with Gasteiger partial charge in [-0.15, -0.1) is 0 Å². The molecule has 0 aromatic heterocycles. The van der Waals surface area contributed by atoms with Crippen molar-refractivity contribution in [1.82, 2.24) is 5.32 Å². The number of nitrogens with one attached hydrogen (secondary N) is 1. The monoisotopic (exact) mass is 219 g/mol. The molecule has 1 N–H and O–H groups in total. The van der Waals surface area contributed by atoms with Crippen molar-refractivity contribution in [2.75, 3.05) is 6.54 Å². The summed E-state index contributed by atoms with van der Waals surface area (Å²) >= 11 is 0. The van der Waals surface area contributed by atoms with E-state index in [1.165, 1.54) is 36.0 Å². The highest BCUT2D eigenvalue weighted by atomic mass is 14.9. The van der Waals surface area contributed by atoms with Gasteiger partial charge in [-0.2, -0.15) is 0 Å². The fourth-order valence-electron chi connectivity index (χ4n) is 2.20. The van der Waals surface area contributed by atoms with Crippen molar-refractivity contribution in [1.29, 1.82) is 0 Å². The van der Waals surface area contributed by atoms with Crippen LogP contribution in [0.3, 0.4) is 0 Å². The molecule has 0 amide bonds. The zero-order valence-corrected chi connectivity index (χ0v) is 11.1. The Balaban J connectivity index is 2.53. The van der Waals surface area contributed by atoms with Crippen LogP contribution in [0, 0.1) is 13.8 Å². The van der Waals surface area contributed by atoms with Crippen LogP contribution < -0.4 is 5.32 Å². The molecule has 0 heterocycles. The highest BCUT2D eigenvalue weighted by molar-refractivity contribution is 5.30. The molecule has 0 saturated heterocycles. The molecule has 1 unspecified atom stereocenters. The van der Waals surface area contributed by atoms with Crippen molar-refractivity contribution in [3.63, 3.8) is 0 Å². The van der Waals surface area contributed by atoms with Crippen molar-refractivity contribution < 1.29 is 0 Å². The van der Waals surface area contributed by atoms with Gasteiger partial charge < -0.3 is 5.32 Å². The lowest BCUT2D eigenvalue weighted by molar-refractivity contribution is 0.480. The predicted octanol–water partition coefficient (Wildman–Crippen LogP) is 3.62. The zero-order valence-electron chi connectivity index (χ0n) is 11.1. The van der Waals surface area contributed by atoms with Crippen LogP contribution in [-0.2, 0) is 6.42 Å². The summed E-state index contributed by atoms with van der Waals surface area (Å²) in [7, 11) is 0. The Morgan fingerprint density at radius 1 is 1.19 bits per heavy atom. The van der Waals surface area contributed by atoms with Crippen LogP contribution in [0.15, 0.2) is 18.2 Å². The summed E-state index contributed by atoms with van der Waals surface area (Å²) in [4.78, 5) is 0. The molecule has 1 aromatic rings. The molecular formula is C15H25N. The van der Waals surface area contributed by atoms with E-state index in [1.54, 1.807) is 0 Å². The Morgan fingerprint density at radius 3 is 2.50 bits per heavy atom. The van der Waals surface area contributed by atoms with E-state index >= 15 is 0 Å². The van der Waals surface area contributed by atoms with Crippen LogP contribution in [0.1, 0.15) is 43.4 Å². The number of rotatable bonds is 6. The first-order valence-electron chi connectivity index (χ1n) is 6.46. The summed E-state index contributed by atoms with van der Waals surface area (Å²) in [6.07, 6.45) is 3.66. The average molecular weight is 219 g/mol. The maximum Gasteiger partial charge on any atom is 0.00674 e. The van der Waals surface area contributed by atoms with Gasteiger partial charge in [-0.05, 0) is 50.8 Å². The first kappa shape index (κ1) is 13.2. The molecular weight excluding hydrogens is 194 g/mol. The largest absolute Gasteiger partial charge is 0.314 e. The van der Waals surface area contributed by atoms with Gasteiger partial charge in [-0.1, -0.05) is 37.6 Å². The van der Waals surface area contributed by atoms with E-state index < -0.39 is 0 Å². The van der Waals surface area contributed by atoms with Crippen molar-refractivity contribution in [2.24, 2.45) is 0 Å².